The van der Waals surface area contributed by atoms with Crippen molar-refractivity contribution in [3.63, 3.8) is 0 Å². The topological polar surface area (TPSA) is 20.3 Å². The fourth-order valence-electron chi connectivity index (χ4n) is 4.04. The van der Waals surface area contributed by atoms with Crippen molar-refractivity contribution in [2.75, 3.05) is 13.1 Å². The average molecular weight is 265 g/mol. The van der Waals surface area contributed by atoms with Crippen LogP contribution in [0.2, 0.25) is 0 Å². The van der Waals surface area contributed by atoms with E-state index in [1.165, 1.54) is 38.6 Å². The van der Waals surface area contributed by atoms with E-state index >= 15 is 0 Å². The number of ketones is 1. The molecule has 2 nitrogen and oxygen atoms in total. The summed E-state index contributed by atoms with van der Waals surface area (Å²) in [6, 6.07) is 0.784. The van der Waals surface area contributed by atoms with Gasteiger partial charge in [0.05, 0.1) is 0 Å². The van der Waals surface area contributed by atoms with E-state index in [2.05, 4.69) is 25.7 Å². The lowest BCUT2D eigenvalue weighted by atomic mass is 9.74. The van der Waals surface area contributed by atoms with Crippen LogP contribution in [0.3, 0.4) is 0 Å². The highest BCUT2D eigenvalue weighted by atomic mass is 16.1. The number of likely N-dealkylation sites (tertiary alicyclic amines) is 1. The van der Waals surface area contributed by atoms with Crippen molar-refractivity contribution in [1.82, 2.24) is 4.90 Å². The molecule has 0 N–H and O–H groups in total. The summed E-state index contributed by atoms with van der Waals surface area (Å²) in [6.45, 7) is 10.9. The van der Waals surface area contributed by atoms with Crippen LogP contribution in [-0.2, 0) is 4.79 Å². The summed E-state index contributed by atoms with van der Waals surface area (Å²) in [7, 11) is 0. The molecule has 0 spiro atoms. The van der Waals surface area contributed by atoms with Gasteiger partial charge in [-0.2, -0.15) is 0 Å². The molecule has 2 atom stereocenters. The van der Waals surface area contributed by atoms with E-state index in [0.717, 1.165) is 18.5 Å². The molecule has 1 aliphatic carbocycles. The van der Waals surface area contributed by atoms with Crippen LogP contribution in [0.5, 0.6) is 0 Å². The predicted octanol–water partition coefficient (Wildman–Crippen LogP) is 3.75. The molecule has 0 amide bonds. The molecule has 0 aromatic carbocycles. The van der Waals surface area contributed by atoms with Crippen LogP contribution in [0.25, 0.3) is 0 Å². The molecule has 0 aromatic rings. The van der Waals surface area contributed by atoms with Crippen molar-refractivity contribution in [2.24, 2.45) is 23.7 Å². The van der Waals surface area contributed by atoms with Gasteiger partial charge in [-0.1, -0.05) is 27.2 Å². The molecule has 0 bridgehead atoms. The minimum Gasteiger partial charge on any atom is -0.300 e. The standard InChI is InChI=1S/C17H31NO/c1-5-14-9-16(10-14)18-7-6-15(8-12(2)3)17(11-18)13(4)19/h12,14-17H,5-11H2,1-4H3. The van der Waals surface area contributed by atoms with Gasteiger partial charge in [0.1, 0.15) is 5.78 Å². The number of hydrogen-bond acceptors (Lipinski definition) is 2. The van der Waals surface area contributed by atoms with Crippen molar-refractivity contribution >= 4 is 5.78 Å². The minimum absolute atomic E-state index is 0.303. The SMILES string of the molecule is CCC1CC(N2CCC(CC(C)C)C(C(C)=O)C2)C1. The molecule has 1 saturated heterocycles. The first-order chi connectivity index (χ1) is 9.01. The zero-order valence-corrected chi connectivity index (χ0v) is 13.2. The Hall–Kier alpha value is -0.370. The lowest BCUT2D eigenvalue weighted by molar-refractivity contribution is -0.126. The second-order valence-electron chi connectivity index (χ2n) is 7.29. The maximum atomic E-state index is 12.0. The number of rotatable bonds is 5. The average Bonchev–Trinajstić information content (AvgIpc) is 2.28. The molecule has 19 heavy (non-hydrogen) atoms. The van der Waals surface area contributed by atoms with Crippen LogP contribution < -0.4 is 0 Å². The number of piperidine rings is 1. The maximum Gasteiger partial charge on any atom is 0.134 e. The van der Waals surface area contributed by atoms with Gasteiger partial charge in [0.2, 0.25) is 0 Å². The Morgan fingerprint density at radius 3 is 2.53 bits per heavy atom. The number of carbonyl (C=O) groups is 1. The molecule has 2 rings (SSSR count). The highest BCUT2D eigenvalue weighted by molar-refractivity contribution is 5.79. The molecule has 2 fully saturated rings. The summed E-state index contributed by atoms with van der Waals surface area (Å²) in [5, 5.41) is 0. The zero-order valence-electron chi connectivity index (χ0n) is 13.2. The van der Waals surface area contributed by atoms with Crippen LogP contribution in [0, 0.1) is 23.7 Å². The third-order valence-electron chi connectivity index (χ3n) is 5.39. The number of hydrogen-bond donors (Lipinski definition) is 0. The Kier molecular flexibility index (Phi) is 5.05. The van der Waals surface area contributed by atoms with Crippen LogP contribution in [0.15, 0.2) is 0 Å². The molecule has 0 aromatic heterocycles. The lowest BCUT2D eigenvalue weighted by Gasteiger charge is -2.48. The third kappa shape index (κ3) is 3.59. The van der Waals surface area contributed by atoms with Crippen LogP contribution >= 0.6 is 0 Å². The van der Waals surface area contributed by atoms with Crippen molar-refractivity contribution in [2.45, 2.75) is 65.8 Å². The van der Waals surface area contributed by atoms with Gasteiger partial charge in [-0.15, -0.1) is 0 Å². The zero-order chi connectivity index (χ0) is 14.0. The Labute approximate surface area is 118 Å². The predicted molar refractivity (Wildman–Crippen MR) is 80.1 cm³/mol. The van der Waals surface area contributed by atoms with Gasteiger partial charge in [0.25, 0.3) is 0 Å². The van der Waals surface area contributed by atoms with Crippen molar-refractivity contribution in [1.29, 1.82) is 0 Å². The van der Waals surface area contributed by atoms with E-state index < -0.39 is 0 Å². The fraction of sp³-hybridized carbons (Fsp3) is 0.941. The minimum atomic E-state index is 0.303. The molecule has 1 heterocycles. The van der Waals surface area contributed by atoms with E-state index in [9.17, 15) is 4.79 Å². The monoisotopic (exact) mass is 265 g/mol. The molecule has 0 radical (unpaired) electrons. The van der Waals surface area contributed by atoms with Crippen LogP contribution in [0.1, 0.15) is 59.8 Å². The first-order valence-corrected chi connectivity index (χ1v) is 8.25. The molecule has 2 unspecified atom stereocenters. The maximum absolute atomic E-state index is 12.0. The van der Waals surface area contributed by atoms with E-state index in [1.807, 2.05) is 0 Å². The second-order valence-corrected chi connectivity index (χ2v) is 7.29. The van der Waals surface area contributed by atoms with Crippen molar-refractivity contribution in [3.8, 4) is 0 Å². The summed E-state index contributed by atoms with van der Waals surface area (Å²) in [6.07, 6.45) is 6.53. The molecule has 1 aliphatic heterocycles. The fourth-order valence-corrected chi connectivity index (χ4v) is 4.04. The molecule has 1 saturated carbocycles. The summed E-state index contributed by atoms with van der Waals surface area (Å²) < 4.78 is 0. The van der Waals surface area contributed by atoms with Gasteiger partial charge in [-0.3, -0.25) is 9.69 Å². The van der Waals surface area contributed by atoms with Crippen molar-refractivity contribution < 1.29 is 4.79 Å². The number of carbonyl (C=O) groups excluding carboxylic acids is 1. The van der Waals surface area contributed by atoms with Crippen LogP contribution in [0.4, 0.5) is 0 Å². The Morgan fingerprint density at radius 1 is 1.32 bits per heavy atom. The number of nitrogens with zero attached hydrogens (tertiary/aromatic N) is 1. The van der Waals surface area contributed by atoms with E-state index in [4.69, 9.17) is 0 Å². The third-order valence-corrected chi connectivity index (χ3v) is 5.39. The Morgan fingerprint density at radius 2 is 2.00 bits per heavy atom. The molecular weight excluding hydrogens is 234 g/mol. The van der Waals surface area contributed by atoms with Gasteiger partial charge in [0, 0.05) is 18.5 Å². The smallest absolute Gasteiger partial charge is 0.134 e. The van der Waals surface area contributed by atoms with Gasteiger partial charge < -0.3 is 0 Å². The summed E-state index contributed by atoms with van der Waals surface area (Å²) >= 11 is 0. The largest absolute Gasteiger partial charge is 0.300 e. The summed E-state index contributed by atoms with van der Waals surface area (Å²) in [4.78, 5) is 14.6. The molecule has 2 heteroatoms. The summed E-state index contributed by atoms with van der Waals surface area (Å²) in [5.41, 5.74) is 0. The molecular formula is C17H31NO. The van der Waals surface area contributed by atoms with E-state index in [-0.39, 0.29) is 0 Å². The normalized spacial score (nSPS) is 36.3. The van der Waals surface area contributed by atoms with Gasteiger partial charge >= 0.3 is 0 Å². The second kappa shape index (κ2) is 6.39. The van der Waals surface area contributed by atoms with E-state index in [1.54, 1.807) is 6.92 Å². The molecule has 2 aliphatic rings. The Bertz CT molecular complexity index is 306. The van der Waals surface area contributed by atoms with Gasteiger partial charge in [-0.25, -0.2) is 0 Å². The highest BCUT2D eigenvalue weighted by Gasteiger charge is 2.39. The lowest BCUT2D eigenvalue weighted by Crippen LogP contribution is -2.52. The first kappa shape index (κ1) is 15.0. The van der Waals surface area contributed by atoms with Gasteiger partial charge in [0.15, 0.2) is 0 Å². The quantitative estimate of drug-likeness (QED) is 0.754. The number of Topliss-reactive ketones (excluding diaryl/α,β-unsaturated/α-hetero) is 1. The van der Waals surface area contributed by atoms with E-state index in [0.29, 0.717) is 23.5 Å². The Balaban J connectivity index is 1.89. The first-order valence-electron chi connectivity index (χ1n) is 8.25. The highest BCUT2D eigenvalue weighted by Crippen LogP contribution is 2.38. The van der Waals surface area contributed by atoms with Crippen LogP contribution in [-0.4, -0.2) is 29.8 Å². The summed E-state index contributed by atoms with van der Waals surface area (Å²) in [5.74, 6) is 3.02. The van der Waals surface area contributed by atoms with Gasteiger partial charge in [-0.05, 0) is 56.9 Å². The van der Waals surface area contributed by atoms with Crippen molar-refractivity contribution in [3.05, 3.63) is 0 Å². The molecule has 110 valence electrons.